The predicted octanol–water partition coefficient (Wildman–Crippen LogP) is 2.79. The van der Waals surface area contributed by atoms with E-state index in [4.69, 9.17) is 4.74 Å². The minimum absolute atomic E-state index is 0.943. The molecule has 0 aromatic carbocycles. The molecule has 0 radical (unpaired) electrons. The number of thiophene rings is 1. The van der Waals surface area contributed by atoms with E-state index in [1.54, 1.807) is 18.4 Å². The molecule has 0 aliphatic rings. The van der Waals surface area contributed by atoms with Crippen LogP contribution in [0.1, 0.15) is 11.8 Å². The number of methoxy groups -OCH3 is 1. The summed E-state index contributed by atoms with van der Waals surface area (Å²) < 4.78 is 5.02. The molecule has 54 valence electrons. The second kappa shape index (κ2) is 3.42. The summed E-state index contributed by atoms with van der Waals surface area (Å²) in [5.41, 5.74) is 0. The zero-order valence-electron chi connectivity index (χ0n) is 6.13. The zero-order valence-corrected chi connectivity index (χ0v) is 6.94. The van der Waals surface area contributed by atoms with Crippen LogP contribution in [-0.4, -0.2) is 7.11 Å². The molecule has 0 unspecified atom stereocenters. The molecule has 10 heavy (non-hydrogen) atoms. The molecule has 2 heteroatoms. The van der Waals surface area contributed by atoms with Gasteiger partial charge in [0.05, 0.1) is 7.11 Å². The third kappa shape index (κ3) is 1.61. The highest BCUT2D eigenvalue weighted by Gasteiger charge is 1.93. The first kappa shape index (κ1) is 7.35. The average Bonchev–Trinajstić information content (AvgIpc) is 2.37. The average molecular weight is 154 g/mol. The Balaban J connectivity index is 2.78. The van der Waals surface area contributed by atoms with Crippen LogP contribution in [-0.2, 0) is 0 Å². The van der Waals surface area contributed by atoms with E-state index in [1.165, 1.54) is 4.88 Å². The Morgan fingerprint density at radius 1 is 1.60 bits per heavy atom. The smallest absolute Gasteiger partial charge is 0.130 e. The molecule has 0 atom stereocenters. The number of hydrogen-bond acceptors (Lipinski definition) is 2. The third-order valence-electron chi connectivity index (χ3n) is 1.16. The lowest BCUT2D eigenvalue weighted by atomic mass is 10.4. The molecule has 0 N–H and O–H groups in total. The number of allylic oxidation sites excluding steroid dienone is 1. The van der Waals surface area contributed by atoms with Crippen LogP contribution < -0.4 is 4.74 Å². The predicted molar refractivity (Wildman–Crippen MR) is 45.6 cm³/mol. The van der Waals surface area contributed by atoms with Crippen molar-refractivity contribution < 1.29 is 4.74 Å². The molecule has 0 fully saturated rings. The van der Waals surface area contributed by atoms with Gasteiger partial charge in [-0.05, 0) is 19.1 Å². The van der Waals surface area contributed by atoms with Crippen LogP contribution in [0.5, 0.6) is 5.75 Å². The van der Waals surface area contributed by atoms with Crippen molar-refractivity contribution in [3.8, 4) is 5.75 Å². The zero-order chi connectivity index (χ0) is 7.40. The second-order valence-electron chi connectivity index (χ2n) is 1.89. The van der Waals surface area contributed by atoms with E-state index in [-0.39, 0.29) is 0 Å². The van der Waals surface area contributed by atoms with Crippen LogP contribution in [0.4, 0.5) is 0 Å². The Bertz CT molecular complexity index is 225. The highest BCUT2D eigenvalue weighted by Crippen LogP contribution is 2.21. The quantitative estimate of drug-likeness (QED) is 0.636. The van der Waals surface area contributed by atoms with Gasteiger partial charge in [0.1, 0.15) is 5.75 Å². The summed E-state index contributed by atoms with van der Waals surface area (Å²) in [6, 6.07) is 2.02. The van der Waals surface area contributed by atoms with Crippen molar-refractivity contribution in [2.75, 3.05) is 7.11 Å². The molecular weight excluding hydrogens is 144 g/mol. The molecule has 1 aromatic heterocycles. The van der Waals surface area contributed by atoms with Crippen molar-refractivity contribution in [3.63, 3.8) is 0 Å². The maximum absolute atomic E-state index is 5.02. The molecule has 1 heterocycles. The summed E-state index contributed by atoms with van der Waals surface area (Å²) >= 11 is 1.69. The van der Waals surface area contributed by atoms with Crippen molar-refractivity contribution in [2.45, 2.75) is 6.92 Å². The number of rotatable bonds is 2. The van der Waals surface area contributed by atoms with Crippen LogP contribution in [0.2, 0.25) is 0 Å². The van der Waals surface area contributed by atoms with Crippen molar-refractivity contribution in [1.82, 2.24) is 0 Å². The summed E-state index contributed by atoms with van der Waals surface area (Å²) in [6.45, 7) is 2.01. The number of hydrogen-bond donors (Lipinski definition) is 0. The Kier molecular flexibility index (Phi) is 2.51. The normalized spacial score (nSPS) is 10.6. The van der Waals surface area contributed by atoms with Crippen LogP contribution >= 0.6 is 11.3 Å². The molecule has 1 aromatic rings. The van der Waals surface area contributed by atoms with Crippen LogP contribution in [0.3, 0.4) is 0 Å². The first-order chi connectivity index (χ1) is 4.86. The SMILES string of the molecule is C/C=C/c1cc(OC)cs1. The minimum Gasteiger partial charge on any atom is -0.496 e. The van der Waals surface area contributed by atoms with Crippen LogP contribution in [0.15, 0.2) is 17.5 Å². The van der Waals surface area contributed by atoms with Crippen molar-refractivity contribution in [3.05, 3.63) is 22.4 Å². The van der Waals surface area contributed by atoms with E-state index in [2.05, 4.69) is 6.08 Å². The molecule has 0 aliphatic carbocycles. The summed E-state index contributed by atoms with van der Waals surface area (Å²) in [5.74, 6) is 0.943. The van der Waals surface area contributed by atoms with Gasteiger partial charge in [-0.2, -0.15) is 0 Å². The van der Waals surface area contributed by atoms with E-state index >= 15 is 0 Å². The van der Waals surface area contributed by atoms with Gasteiger partial charge in [0.15, 0.2) is 0 Å². The minimum atomic E-state index is 0.943. The fourth-order valence-electron chi connectivity index (χ4n) is 0.693. The fraction of sp³-hybridized carbons (Fsp3) is 0.250. The number of ether oxygens (including phenoxy) is 1. The summed E-state index contributed by atoms with van der Waals surface area (Å²) in [5, 5.41) is 2.00. The lowest BCUT2D eigenvalue weighted by molar-refractivity contribution is 0.416. The molecule has 0 aliphatic heterocycles. The molecule has 0 spiro atoms. The first-order valence-electron chi connectivity index (χ1n) is 3.12. The summed E-state index contributed by atoms with van der Waals surface area (Å²) in [7, 11) is 1.68. The van der Waals surface area contributed by atoms with Gasteiger partial charge in [0.2, 0.25) is 0 Å². The van der Waals surface area contributed by atoms with Gasteiger partial charge in [-0.15, -0.1) is 11.3 Å². The van der Waals surface area contributed by atoms with E-state index < -0.39 is 0 Å². The van der Waals surface area contributed by atoms with Crippen molar-refractivity contribution >= 4 is 17.4 Å². The molecule has 1 rings (SSSR count). The fourth-order valence-corrected chi connectivity index (χ4v) is 1.51. The van der Waals surface area contributed by atoms with Crippen LogP contribution in [0.25, 0.3) is 6.08 Å². The van der Waals surface area contributed by atoms with Gasteiger partial charge >= 0.3 is 0 Å². The lowest BCUT2D eigenvalue weighted by Gasteiger charge is -1.88. The third-order valence-corrected chi connectivity index (χ3v) is 2.04. The maximum Gasteiger partial charge on any atom is 0.130 e. The highest BCUT2D eigenvalue weighted by atomic mass is 32.1. The van der Waals surface area contributed by atoms with Gasteiger partial charge in [-0.25, -0.2) is 0 Å². The second-order valence-corrected chi connectivity index (χ2v) is 2.83. The van der Waals surface area contributed by atoms with Crippen LogP contribution in [0, 0.1) is 0 Å². The van der Waals surface area contributed by atoms with Gasteiger partial charge in [-0.1, -0.05) is 6.08 Å². The lowest BCUT2D eigenvalue weighted by Crippen LogP contribution is -1.75. The molecule has 0 amide bonds. The molecule has 0 saturated carbocycles. The first-order valence-corrected chi connectivity index (χ1v) is 4.00. The Hall–Kier alpha value is -0.760. The Morgan fingerprint density at radius 3 is 2.90 bits per heavy atom. The molecule has 1 nitrogen and oxygen atoms in total. The molecule has 0 saturated heterocycles. The van der Waals surface area contributed by atoms with E-state index in [9.17, 15) is 0 Å². The van der Waals surface area contributed by atoms with Gasteiger partial charge < -0.3 is 4.74 Å². The van der Waals surface area contributed by atoms with Crippen molar-refractivity contribution in [1.29, 1.82) is 0 Å². The summed E-state index contributed by atoms with van der Waals surface area (Å²) in [4.78, 5) is 1.24. The van der Waals surface area contributed by atoms with Gasteiger partial charge in [-0.3, -0.25) is 0 Å². The van der Waals surface area contributed by atoms with Crippen molar-refractivity contribution in [2.24, 2.45) is 0 Å². The Labute approximate surface area is 65.0 Å². The van der Waals surface area contributed by atoms with Gasteiger partial charge in [0, 0.05) is 10.3 Å². The topological polar surface area (TPSA) is 9.23 Å². The monoisotopic (exact) mass is 154 g/mol. The largest absolute Gasteiger partial charge is 0.496 e. The maximum atomic E-state index is 5.02. The van der Waals surface area contributed by atoms with E-state index in [1.807, 2.05) is 24.4 Å². The Morgan fingerprint density at radius 2 is 2.40 bits per heavy atom. The highest BCUT2D eigenvalue weighted by molar-refractivity contribution is 7.11. The molecule has 0 bridgehead atoms. The van der Waals surface area contributed by atoms with E-state index in [0.717, 1.165) is 5.75 Å². The molecular formula is C8H10OS. The standard InChI is InChI=1S/C8H10OS/c1-3-4-8-5-7(9-2)6-10-8/h3-6H,1-2H3/b4-3+. The summed E-state index contributed by atoms with van der Waals surface area (Å²) in [6.07, 6.45) is 4.08. The van der Waals surface area contributed by atoms with E-state index in [0.29, 0.717) is 0 Å². The van der Waals surface area contributed by atoms with Gasteiger partial charge in [0.25, 0.3) is 0 Å².